The zero-order valence-corrected chi connectivity index (χ0v) is 11.7. The molecule has 0 radical (unpaired) electrons. The Morgan fingerprint density at radius 1 is 1.30 bits per heavy atom. The van der Waals surface area contributed by atoms with Gasteiger partial charge in [-0.05, 0) is 24.1 Å². The summed E-state index contributed by atoms with van der Waals surface area (Å²) in [5.74, 6) is 5.51. The summed E-state index contributed by atoms with van der Waals surface area (Å²) in [4.78, 5) is 2.05. The molecule has 0 saturated carbocycles. The second-order valence-electron chi connectivity index (χ2n) is 4.54. The Kier molecular flexibility index (Phi) is 4.26. The van der Waals surface area contributed by atoms with Crippen LogP contribution in [0.3, 0.4) is 0 Å². The third-order valence-corrected chi connectivity index (χ3v) is 3.59. The molecule has 0 spiro atoms. The van der Waals surface area contributed by atoms with Crippen molar-refractivity contribution < 1.29 is 0 Å². The Morgan fingerprint density at radius 2 is 2.05 bits per heavy atom. The molecule has 0 atom stereocenters. The molecule has 6 nitrogen and oxygen atoms in total. The number of halogens is 1. The van der Waals surface area contributed by atoms with Crippen molar-refractivity contribution in [1.29, 1.82) is 10.8 Å². The van der Waals surface area contributed by atoms with Crippen molar-refractivity contribution in [3.63, 3.8) is 0 Å². The maximum atomic E-state index is 7.52. The molecular weight excluding hydrogens is 276 g/mol. The highest BCUT2D eigenvalue weighted by Gasteiger charge is 2.20. The summed E-state index contributed by atoms with van der Waals surface area (Å²) in [6, 6.07) is 3.43. The number of rotatable bonds is 4. The van der Waals surface area contributed by atoms with Gasteiger partial charge in [-0.1, -0.05) is 11.6 Å². The summed E-state index contributed by atoms with van der Waals surface area (Å²) >= 11 is 6.05. The van der Waals surface area contributed by atoms with Crippen molar-refractivity contribution in [1.82, 2.24) is 5.43 Å². The van der Waals surface area contributed by atoms with Crippen molar-refractivity contribution in [3.05, 3.63) is 34.0 Å². The smallest absolute Gasteiger partial charge is 0.0593 e. The van der Waals surface area contributed by atoms with E-state index in [4.69, 9.17) is 34.0 Å². The second kappa shape index (κ2) is 5.94. The normalized spacial score (nSPS) is 15.2. The topological polar surface area (TPSA) is 115 Å². The average molecular weight is 293 g/mol. The van der Waals surface area contributed by atoms with Crippen molar-refractivity contribution in [2.45, 2.75) is 6.42 Å². The maximum absolute atomic E-state index is 7.52. The number of nitrogen functional groups attached to an aromatic ring is 1. The first kappa shape index (κ1) is 14.4. The predicted molar refractivity (Wildman–Crippen MR) is 83.7 cm³/mol. The first-order valence-corrected chi connectivity index (χ1v) is 6.52. The summed E-state index contributed by atoms with van der Waals surface area (Å²) < 4.78 is 0. The lowest BCUT2D eigenvalue weighted by Crippen LogP contribution is -2.39. The minimum Gasteiger partial charge on any atom is -0.398 e. The van der Waals surface area contributed by atoms with E-state index >= 15 is 0 Å². The first-order valence-electron chi connectivity index (χ1n) is 6.14. The molecule has 0 bridgehead atoms. The Balaban J connectivity index is 2.41. The number of nitrogens with zero attached hydrogens (tertiary/aromatic N) is 1. The molecule has 1 aliphatic heterocycles. The van der Waals surface area contributed by atoms with Crippen LogP contribution in [0, 0.1) is 10.8 Å². The van der Waals surface area contributed by atoms with Crippen molar-refractivity contribution in [2.24, 2.45) is 5.84 Å². The minimum absolute atomic E-state index is 0.478. The van der Waals surface area contributed by atoms with Gasteiger partial charge in [-0.2, -0.15) is 0 Å². The van der Waals surface area contributed by atoms with Crippen molar-refractivity contribution >= 4 is 35.4 Å². The molecule has 1 aromatic carbocycles. The summed E-state index contributed by atoms with van der Waals surface area (Å²) in [5, 5.41) is 15.4. The molecule has 7 N–H and O–H groups in total. The predicted octanol–water partition coefficient (Wildman–Crippen LogP) is 1.50. The molecule has 0 aromatic heterocycles. The van der Waals surface area contributed by atoms with Gasteiger partial charge in [0, 0.05) is 40.9 Å². The van der Waals surface area contributed by atoms with Gasteiger partial charge in [0.15, 0.2) is 0 Å². The Bertz CT molecular complexity index is 580. The number of hydrazine groups is 1. The van der Waals surface area contributed by atoms with Crippen LogP contribution >= 0.6 is 11.6 Å². The van der Waals surface area contributed by atoms with Gasteiger partial charge in [0.25, 0.3) is 0 Å². The molecule has 0 unspecified atom stereocenters. The average Bonchev–Trinajstić information content (AvgIpc) is 2.45. The monoisotopic (exact) mass is 292 g/mol. The molecule has 7 heteroatoms. The highest BCUT2D eigenvalue weighted by molar-refractivity contribution is 6.31. The Morgan fingerprint density at radius 3 is 2.65 bits per heavy atom. The number of nitrogens with one attached hydrogen (secondary N) is 3. The van der Waals surface area contributed by atoms with Crippen LogP contribution in [0.4, 0.5) is 11.4 Å². The standard InChI is InChI=1S/C13H17ClN6/c14-9-3-11(17)10(6-16)13(4-9)20-2-1-8(5-15)12(7-20)19-18/h3-6,15-16,19H,1-2,7,17-18H2. The lowest BCUT2D eigenvalue weighted by molar-refractivity contribution is 0.712. The maximum Gasteiger partial charge on any atom is 0.0593 e. The van der Waals surface area contributed by atoms with Gasteiger partial charge in [0.2, 0.25) is 0 Å². The number of hydrogen-bond acceptors (Lipinski definition) is 6. The van der Waals surface area contributed by atoms with Crippen LogP contribution in [0.15, 0.2) is 23.4 Å². The van der Waals surface area contributed by atoms with Crippen LogP contribution in [0.2, 0.25) is 5.02 Å². The van der Waals surface area contributed by atoms with E-state index < -0.39 is 0 Å². The molecule has 0 fully saturated rings. The lowest BCUT2D eigenvalue weighted by atomic mass is 10.0. The third-order valence-electron chi connectivity index (χ3n) is 3.38. The van der Waals surface area contributed by atoms with E-state index in [1.54, 1.807) is 12.1 Å². The first-order chi connectivity index (χ1) is 9.60. The third kappa shape index (κ3) is 2.61. The van der Waals surface area contributed by atoms with E-state index in [0.717, 1.165) is 23.5 Å². The van der Waals surface area contributed by atoms with Gasteiger partial charge >= 0.3 is 0 Å². The fourth-order valence-electron chi connectivity index (χ4n) is 2.32. The Hall–Kier alpha value is -2.05. The molecular formula is C13H17ClN6. The SMILES string of the molecule is N=CC1=C(NN)CN(c2cc(Cl)cc(N)c2C=N)CC1. The quantitative estimate of drug-likeness (QED) is 0.250. The van der Waals surface area contributed by atoms with Crippen LogP contribution in [0.5, 0.6) is 0 Å². The molecule has 1 heterocycles. The lowest BCUT2D eigenvalue weighted by Gasteiger charge is -2.32. The van der Waals surface area contributed by atoms with Crippen LogP contribution in [-0.4, -0.2) is 25.5 Å². The second-order valence-corrected chi connectivity index (χ2v) is 4.97. The highest BCUT2D eigenvalue weighted by atomic mass is 35.5. The molecule has 1 aliphatic rings. The number of nitrogens with two attached hydrogens (primary N) is 2. The van der Waals surface area contributed by atoms with Crippen LogP contribution in [0.1, 0.15) is 12.0 Å². The summed E-state index contributed by atoms with van der Waals surface area (Å²) in [7, 11) is 0. The number of benzene rings is 1. The zero-order chi connectivity index (χ0) is 14.7. The van der Waals surface area contributed by atoms with Gasteiger partial charge in [-0.3, -0.25) is 5.84 Å². The van der Waals surface area contributed by atoms with E-state index in [0.29, 0.717) is 29.2 Å². The highest BCUT2D eigenvalue weighted by Crippen LogP contribution is 2.31. The number of hydrogen-bond donors (Lipinski definition) is 5. The van der Waals surface area contributed by atoms with E-state index in [-0.39, 0.29) is 0 Å². The van der Waals surface area contributed by atoms with Crippen LogP contribution in [-0.2, 0) is 0 Å². The summed E-state index contributed by atoms with van der Waals surface area (Å²) in [5.41, 5.74) is 12.2. The van der Waals surface area contributed by atoms with Crippen molar-refractivity contribution in [2.75, 3.05) is 23.7 Å². The van der Waals surface area contributed by atoms with Gasteiger partial charge in [-0.15, -0.1) is 0 Å². The molecule has 106 valence electrons. The fraction of sp³-hybridized carbons (Fsp3) is 0.231. The van der Waals surface area contributed by atoms with E-state index in [9.17, 15) is 0 Å². The summed E-state index contributed by atoms with van der Waals surface area (Å²) in [6.45, 7) is 1.25. The van der Waals surface area contributed by atoms with Crippen LogP contribution < -0.4 is 21.9 Å². The van der Waals surface area contributed by atoms with E-state index in [1.807, 2.05) is 4.90 Å². The van der Waals surface area contributed by atoms with Gasteiger partial charge in [0.1, 0.15) is 0 Å². The zero-order valence-electron chi connectivity index (χ0n) is 10.9. The van der Waals surface area contributed by atoms with Crippen molar-refractivity contribution in [3.8, 4) is 0 Å². The van der Waals surface area contributed by atoms with E-state index in [2.05, 4.69) is 5.43 Å². The van der Waals surface area contributed by atoms with Gasteiger partial charge < -0.3 is 26.9 Å². The minimum atomic E-state index is 0.478. The molecule has 2 rings (SSSR count). The van der Waals surface area contributed by atoms with Gasteiger partial charge in [-0.25, -0.2) is 0 Å². The van der Waals surface area contributed by atoms with E-state index in [1.165, 1.54) is 12.4 Å². The molecule has 0 aliphatic carbocycles. The fourth-order valence-corrected chi connectivity index (χ4v) is 2.55. The van der Waals surface area contributed by atoms with Crippen LogP contribution in [0.25, 0.3) is 0 Å². The Labute approximate surface area is 122 Å². The largest absolute Gasteiger partial charge is 0.398 e. The molecule has 0 saturated heterocycles. The molecule has 1 aromatic rings. The summed E-state index contributed by atoms with van der Waals surface area (Å²) in [6.07, 6.45) is 3.25. The molecule has 0 amide bonds. The van der Waals surface area contributed by atoms with Gasteiger partial charge in [0.05, 0.1) is 12.2 Å². The molecule has 20 heavy (non-hydrogen) atoms. The number of anilines is 2.